The molecule has 2 aliphatic rings. The summed E-state index contributed by atoms with van der Waals surface area (Å²) in [6, 6.07) is 0. The monoisotopic (exact) mass is 434 g/mol. The van der Waals surface area contributed by atoms with Crippen LogP contribution in [0.4, 0.5) is 0 Å². The molecule has 0 unspecified atom stereocenters. The Morgan fingerprint density at radius 2 is 0.625 bits per heavy atom. The van der Waals surface area contributed by atoms with Crippen LogP contribution in [0.25, 0.3) is 0 Å². The minimum atomic E-state index is -0.168. The van der Waals surface area contributed by atoms with E-state index in [9.17, 15) is 9.59 Å². The van der Waals surface area contributed by atoms with Crippen molar-refractivity contribution < 1.29 is 9.59 Å². The van der Waals surface area contributed by atoms with Crippen molar-refractivity contribution >= 4 is 11.6 Å². The first-order valence-corrected chi connectivity index (χ1v) is 11.6. The molecule has 174 valence electrons. The summed E-state index contributed by atoms with van der Waals surface area (Å²) in [6.07, 6.45) is 11.5. The standard InChI is InChI=1S/C30H42O2/c1-27(2,3)23-15-19(31)16-24(28(4,5)6)21(23)13-14-22-25(29(7,8)9)17-20(32)18-26(22)30(10,11)12/h13-18H,1-12H3. The molecule has 0 saturated carbocycles. The van der Waals surface area contributed by atoms with Gasteiger partial charge in [-0.2, -0.15) is 0 Å². The zero-order valence-corrected chi connectivity index (χ0v) is 22.3. The molecule has 0 aliphatic heterocycles. The predicted molar refractivity (Wildman–Crippen MR) is 136 cm³/mol. The second-order valence-corrected chi connectivity index (χ2v) is 13.2. The number of hydrogen-bond acceptors (Lipinski definition) is 2. The highest BCUT2D eigenvalue weighted by molar-refractivity contribution is 6.04. The summed E-state index contributed by atoms with van der Waals surface area (Å²) in [4.78, 5) is 25.2. The van der Waals surface area contributed by atoms with Gasteiger partial charge < -0.3 is 0 Å². The van der Waals surface area contributed by atoms with Crippen LogP contribution in [-0.2, 0) is 9.59 Å². The number of hydrogen-bond donors (Lipinski definition) is 0. The van der Waals surface area contributed by atoms with Crippen molar-refractivity contribution in [2.24, 2.45) is 21.7 Å². The van der Waals surface area contributed by atoms with Crippen molar-refractivity contribution in [1.82, 2.24) is 0 Å². The number of allylic oxidation sites excluding steroid dienone is 12. The highest BCUT2D eigenvalue weighted by atomic mass is 16.1. The van der Waals surface area contributed by atoms with Crippen molar-refractivity contribution in [2.45, 2.75) is 83.1 Å². The van der Waals surface area contributed by atoms with E-state index < -0.39 is 0 Å². The molecule has 0 bridgehead atoms. The quantitative estimate of drug-likeness (QED) is 0.420. The van der Waals surface area contributed by atoms with E-state index in [1.807, 2.05) is 0 Å². The van der Waals surface area contributed by atoms with Gasteiger partial charge in [0.15, 0.2) is 11.6 Å². The highest BCUT2D eigenvalue weighted by Crippen LogP contribution is 2.46. The maximum Gasteiger partial charge on any atom is 0.179 e. The Morgan fingerprint density at radius 1 is 0.438 bits per heavy atom. The van der Waals surface area contributed by atoms with E-state index in [2.05, 4.69) is 95.2 Å². The van der Waals surface area contributed by atoms with Gasteiger partial charge in [0, 0.05) is 0 Å². The molecule has 2 heteroatoms. The van der Waals surface area contributed by atoms with Crippen molar-refractivity contribution in [3.63, 3.8) is 0 Å². The van der Waals surface area contributed by atoms with E-state index in [-0.39, 0.29) is 33.2 Å². The van der Waals surface area contributed by atoms with Crippen LogP contribution < -0.4 is 0 Å². The average Bonchev–Trinajstić information content (AvgIpc) is 2.56. The third kappa shape index (κ3) is 5.77. The minimum absolute atomic E-state index is 0.0541. The number of carbonyl (C=O) groups is 2. The lowest BCUT2D eigenvalue weighted by atomic mass is 9.68. The average molecular weight is 435 g/mol. The first-order valence-electron chi connectivity index (χ1n) is 11.6. The minimum Gasteiger partial charge on any atom is -0.290 e. The molecule has 0 atom stereocenters. The van der Waals surface area contributed by atoms with Crippen LogP contribution >= 0.6 is 0 Å². The Bertz CT molecular complexity index is 847. The molecule has 0 saturated heterocycles. The number of carbonyl (C=O) groups excluding carboxylic acids is 2. The van der Waals surface area contributed by atoms with Gasteiger partial charge in [-0.25, -0.2) is 0 Å². The largest absolute Gasteiger partial charge is 0.290 e. The van der Waals surface area contributed by atoms with Crippen molar-refractivity contribution in [1.29, 1.82) is 0 Å². The van der Waals surface area contributed by atoms with Crippen LogP contribution in [0, 0.1) is 21.7 Å². The zero-order valence-electron chi connectivity index (χ0n) is 22.3. The van der Waals surface area contributed by atoms with E-state index in [1.165, 1.54) is 0 Å². The van der Waals surface area contributed by atoms with E-state index in [0.717, 1.165) is 33.4 Å². The van der Waals surface area contributed by atoms with Crippen LogP contribution in [0.15, 0.2) is 69.9 Å². The zero-order chi connectivity index (χ0) is 24.9. The molecule has 0 aromatic carbocycles. The van der Waals surface area contributed by atoms with Gasteiger partial charge in [-0.3, -0.25) is 9.59 Å². The number of ketones is 2. The smallest absolute Gasteiger partial charge is 0.179 e. The van der Waals surface area contributed by atoms with Gasteiger partial charge in [0.2, 0.25) is 0 Å². The summed E-state index contributed by atoms with van der Waals surface area (Å²) in [6.45, 7) is 25.8. The van der Waals surface area contributed by atoms with Gasteiger partial charge in [-0.15, -0.1) is 0 Å². The summed E-state index contributed by atoms with van der Waals surface area (Å²) < 4.78 is 0. The Balaban J connectivity index is 2.84. The van der Waals surface area contributed by atoms with Gasteiger partial charge in [-0.05, 0) is 79.4 Å². The molecular formula is C30H42O2. The lowest BCUT2D eigenvalue weighted by Gasteiger charge is -2.35. The van der Waals surface area contributed by atoms with Gasteiger partial charge in [0.1, 0.15) is 0 Å². The lowest BCUT2D eigenvalue weighted by Crippen LogP contribution is -2.24. The van der Waals surface area contributed by atoms with Crippen molar-refractivity contribution in [3.05, 3.63) is 69.9 Å². The van der Waals surface area contributed by atoms with Crippen molar-refractivity contribution in [3.8, 4) is 0 Å². The molecule has 0 fully saturated rings. The SMILES string of the molecule is CC(C)(C)C1=CC(=O)C=C(C(C)(C)C)C1=CC=C1C(C(C)(C)C)=CC(=O)C=C1C(C)(C)C. The second-order valence-electron chi connectivity index (χ2n) is 13.2. The van der Waals surface area contributed by atoms with E-state index in [4.69, 9.17) is 0 Å². The van der Waals surface area contributed by atoms with E-state index in [0.29, 0.717) is 0 Å². The molecule has 32 heavy (non-hydrogen) atoms. The summed E-state index contributed by atoms with van der Waals surface area (Å²) in [5.41, 5.74) is 5.77. The summed E-state index contributed by atoms with van der Waals surface area (Å²) in [5.74, 6) is 0.108. The molecule has 0 radical (unpaired) electrons. The Hall–Kier alpha value is -2.22. The van der Waals surface area contributed by atoms with E-state index in [1.54, 1.807) is 24.3 Å². The number of rotatable bonds is 1. The van der Waals surface area contributed by atoms with Gasteiger partial charge in [0.05, 0.1) is 0 Å². The van der Waals surface area contributed by atoms with Gasteiger partial charge in [-0.1, -0.05) is 95.2 Å². The molecule has 2 rings (SSSR count). The second kappa shape index (κ2) is 8.28. The maximum atomic E-state index is 12.6. The molecule has 0 N–H and O–H groups in total. The van der Waals surface area contributed by atoms with Gasteiger partial charge >= 0.3 is 0 Å². The maximum absolute atomic E-state index is 12.6. The molecule has 0 spiro atoms. The third-order valence-corrected chi connectivity index (χ3v) is 5.96. The fraction of sp³-hybridized carbons (Fsp3) is 0.533. The van der Waals surface area contributed by atoms with Crippen LogP contribution in [0.3, 0.4) is 0 Å². The molecule has 0 aromatic rings. The summed E-state index contributed by atoms with van der Waals surface area (Å²) >= 11 is 0. The summed E-state index contributed by atoms with van der Waals surface area (Å²) in [5, 5.41) is 0. The molecule has 0 aromatic heterocycles. The highest BCUT2D eigenvalue weighted by Gasteiger charge is 2.34. The van der Waals surface area contributed by atoms with Gasteiger partial charge in [0.25, 0.3) is 0 Å². The van der Waals surface area contributed by atoms with Crippen LogP contribution in [0.5, 0.6) is 0 Å². The fourth-order valence-corrected chi connectivity index (χ4v) is 4.26. The lowest BCUT2D eigenvalue weighted by molar-refractivity contribution is -0.111. The van der Waals surface area contributed by atoms with Crippen molar-refractivity contribution in [2.75, 3.05) is 0 Å². The molecule has 2 aliphatic carbocycles. The molecule has 0 amide bonds. The fourth-order valence-electron chi connectivity index (χ4n) is 4.26. The topological polar surface area (TPSA) is 34.1 Å². The molecule has 0 heterocycles. The molecular weight excluding hydrogens is 392 g/mol. The normalized spacial score (nSPS) is 18.8. The Labute approximate surface area is 195 Å². The molecule has 2 nitrogen and oxygen atoms in total. The van der Waals surface area contributed by atoms with Crippen LogP contribution in [-0.4, -0.2) is 11.6 Å². The summed E-state index contributed by atoms with van der Waals surface area (Å²) in [7, 11) is 0. The third-order valence-electron chi connectivity index (χ3n) is 5.96. The first kappa shape index (κ1) is 26.0. The Morgan fingerprint density at radius 3 is 0.781 bits per heavy atom. The predicted octanol–water partition coefficient (Wildman–Crippen LogP) is 7.89. The first-order chi connectivity index (χ1) is 14.2. The van der Waals surface area contributed by atoms with E-state index >= 15 is 0 Å². The van der Waals surface area contributed by atoms with Crippen LogP contribution in [0.1, 0.15) is 83.1 Å². The van der Waals surface area contributed by atoms with Crippen LogP contribution in [0.2, 0.25) is 0 Å². The Kier molecular flexibility index (Phi) is 6.74.